The van der Waals surface area contributed by atoms with Gasteiger partial charge in [-0.1, -0.05) is 76.6 Å². The number of methoxy groups -OCH3 is 2. The van der Waals surface area contributed by atoms with Crippen LogP contribution in [0.25, 0.3) is 10.9 Å². The molecule has 12 heteroatoms. The predicted molar refractivity (Wildman–Crippen MR) is 244 cm³/mol. The van der Waals surface area contributed by atoms with Gasteiger partial charge in [0.1, 0.15) is 22.9 Å². The molecule has 1 aliphatic carbocycles. The van der Waals surface area contributed by atoms with Gasteiger partial charge in [0, 0.05) is 97.4 Å². The number of benzene rings is 2. The van der Waals surface area contributed by atoms with Crippen LogP contribution in [0.5, 0.6) is 5.75 Å². The van der Waals surface area contributed by atoms with Crippen molar-refractivity contribution in [3.63, 3.8) is 0 Å². The summed E-state index contributed by atoms with van der Waals surface area (Å²) in [5, 5.41) is 18.1. The van der Waals surface area contributed by atoms with Gasteiger partial charge in [0.15, 0.2) is 0 Å². The van der Waals surface area contributed by atoms with Crippen LogP contribution >= 0.6 is 0 Å². The Morgan fingerprint density at radius 2 is 1.83 bits per heavy atom. The number of esters is 2. The number of fused-ring (bicyclic) bond motifs is 6. The Hall–Kier alpha value is -4.65. The highest BCUT2D eigenvalue weighted by atomic mass is 16.6. The minimum absolute atomic E-state index is 0.0378. The van der Waals surface area contributed by atoms with Crippen LogP contribution in [0.2, 0.25) is 0 Å². The van der Waals surface area contributed by atoms with Crippen molar-refractivity contribution in [1.29, 1.82) is 0 Å². The van der Waals surface area contributed by atoms with E-state index in [2.05, 4.69) is 87.4 Å². The number of rotatable bonds is 9. The normalized spacial score (nSPS) is 33.2. The van der Waals surface area contributed by atoms with Crippen molar-refractivity contribution in [3.8, 4) is 5.75 Å². The molecule has 6 aliphatic rings. The van der Waals surface area contributed by atoms with Gasteiger partial charge in [-0.05, 0) is 73.2 Å². The lowest BCUT2D eigenvalue weighted by Gasteiger charge is -2.64. The molecule has 5 aliphatic heterocycles. The number of anilines is 1. The lowest BCUT2D eigenvalue weighted by molar-refractivity contribution is -0.217. The number of nitrogens with one attached hydrogen (secondary N) is 2. The highest BCUT2D eigenvalue weighted by molar-refractivity contribution is 5.94. The second-order valence-corrected chi connectivity index (χ2v) is 20.7. The van der Waals surface area contributed by atoms with Crippen LogP contribution in [0, 0.1) is 16.7 Å². The van der Waals surface area contributed by atoms with E-state index in [1.807, 2.05) is 33.9 Å². The molecule has 1 aromatic heterocycles. The summed E-state index contributed by atoms with van der Waals surface area (Å²) in [6.07, 6.45) is 9.43. The van der Waals surface area contributed by atoms with Crippen molar-refractivity contribution in [2.75, 3.05) is 65.4 Å². The number of carbonyl (C=O) groups excluding carboxylic acids is 3. The lowest BCUT2D eigenvalue weighted by atomic mass is 9.47. The minimum Gasteiger partial charge on any atom is -0.496 e. The van der Waals surface area contributed by atoms with Gasteiger partial charge in [0.2, 0.25) is 5.91 Å². The molecule has 0 radical (unpaired) electrons. The van der Waals surface area contributed by atoms with Gasteiger partial charge in [0.25, 0.3) is 0 Å². The number of hydrogen-bond donors (Lipinski definition) is 3. The zero-order valence-corrected chi connectivity index (χ0v) is 38.7. The average Bonchev–Trinajstić information content (AvgIpc) is 3.92. The number of para-hydroxylation sites is 1. The Kier molecular flexibility index (Phi) is 10.7. The van der Waals surface area contributed by atoms with Crippen molar-refractivity contribution >= 4 is 34.4 Å². The van der Waals surface area contributed by atoms with Gasteiger partial charge in [-0.15, -0.1) is 0 Å². The molecule has 1 spiro atoms. The third-order valence-electron chi connectivity index (χ3n) is 15.9. The molecule has 63 heavy (non-hydrogen) atoms. The van der Waals surface area contributed by atoms with Crippen molar-refractivity contribution in [2.45, 2.75) is 115 Å². The van der Waals surface area contributed by atoms with Gasteiger partial charge in [-0.2, -0.15) is 0 Å². The number of H-pyrrole nitrogens is 1. The van der Waals surface area contributed by atoms with Crippen molar-refractivity contribution in [2.24, 2.45) is 16.7 Å². The number of aliphatic hydroxyl groups is 1. The number of hydrogen-bond acceptors (Lipinski definition) is 10. The first-order chi connectivity index (χ1) is 30.0. The second kappa shape index (κ2) is 15.5. The average molecular weight is 862 g/mol. The Morgan fingerprint density at radius 3 is 2.52 bits per heavy atom. The van der Waals surface area contributed by atoms with E-state index < -0.39 is 40.0 Å². The van der Waals surface area contributed by atoms with E-state index in [4.69, 9.17) is 14.2 Å². The number of aromatic nitrogens is 1. The van der Waals surface area contributed by atoms with E-state index in [1.165, 1.54) is 19.6 Å². The largest absolute Gasteiger partial charge is 0.496 e. The van der Waals surface area contributed by atoms with E-state index >= 15 is 4.79 Å². The number of ether oxygens (including phenoxy) is 3. The molecule has 2 bridgehead atoms. The fourth-order valence-electron chi connectivity index (χ4n) is 13.8. The maximum absolute atomic E-state index is 15.4. The third kappa shape index (κ3) is 6.43. The number of nitrogens with zero attached hydrogens (tertiary/aromatic N) is 3. The summed E-state index contributed by atoms with van der Waals surface area (Å²) in [6.45, 7) is 15.7. The van der Waals surface area contributed by atoms with Crippen LogP contribution in [0.1, 0.15) is 96.0 Å². The molecular formula is C51H67N5O7. The van der Waals surface area contributed by atoms with E-state index in [9.17, 15) is 14.7 Å². The van der Waals surface area contributed by atoms with Crippen LogP contribution in [-0.4, -0.2) is 122 Å². The molecule has 2 aromatic carbocycles. The summed E-state index contributed by atoms with van der Waals surface area (Å²) in [4.78, 5) is 53.4. The number of aromatic amines is 1. The SMILES string of the molecule is CCC1=C[C@@H]2CN(CCc3c([nH]c4ccccc34)[C@@](C(=O)OC)(c3cc4c(cc3OC)N(C)[C@H]3C(O)(CNC(=O)CC(C)(C)C)[C@H](OC(C)=O)[C@]5(CC)C=CCN6CC[C@]43C65)C2)C1. The molecule has 1 saturated carbocycles. The Bertz CT molecular complexity index is 2400. The zero-order valence-electron chi connectivity index (χ0n) is 38.7. The number of amides is 1. The van der Waals surface area contributed by atoms with Gasteiger partial charge in [0.05, 0.1) is 26.8 Å². The summed E-state index contributed by atoms with van der Waals surface area (Å²) in [7, 11) is 5.16. The molecule has 9 atom stereocenters. The summed E-state index contributed by atoms with van der Waals surface area (Å²) in [5.74, 6) is -0.426. The highest BCUT2D eigenvalue weighted by Crippen LogP contribution is 2.68. The molecule has 3 N–H and O–H groups in total. The quantitative estimate of drug-likeness (QED) is 0.169. The fourth-order valence-corrected chi connectivity index (χ4v) is 13.8. The predicted octanol–water partition coefficient (Wildman–Crippen LogP) is 6.18. The van der Waals surface area contributed by atoms with E-state index in [0.717, 1.165) is 78.0 Å². The zero-order chi connectivity index (χ0) is 44.9. The first-order valence-electron chi connectivity index (χ1n) is 23.2. The lowest BCUT2D eigenvalue weighted by Crippen LogP contribution is -2.81. The van der Waals surface area contributed by atoms with Crippen LogP contribution in [0.15, 0.2) is 60.2 Å². The maximum Gasteiger partial charge on any atom is 0.322 e. The smallest absolute Gasteiger partial charge is 0.322 e. The molecule has 9 rings (SSSR count). The third-order valence-corrected chi connectivity index (χ3v) is 15.9. The van der Waals surface area contributed by atoms with E-state index in [0.29, 0.717) is 31.6 Å². The first kappa shape index (κ1) is 43.6. The molecule has 3 unspecified atom stereocenters. The van der Waals surface area contributed by atoms with Gasteiger partial charge in [-0.25, -0.2) is 0 Å². The van der Waals surface area contributed by atoms with Crippen LogP contribution in [0.3, 0.4) is 0 Å². The topological polar surface area (TPSA) is 137 Å². The molecule has 3 aromatic rings. The van der Waals surface area contributed by atoms with Crippen molar-refractivity contribution in [1.82, 2.24) is 20.1 Å². The Balaban J connectivity index is 1.33. The molecule has 1 saturated heterocycles. The second-order valence-electron chi connectivity index (χ2n) is 20.7. The summed E-state index contributed by atoms with van der Waals surface area (Å²) in [6, 6.07) is 11.8. The molecular weight excluding hydrogens is 795 g/mol. The summed E-state index contributed by atoms with van der Waals surface area (Å²) < 4.78 is 18.9. The van der Waals surface area contributed by atoms with Crippen LogP contribution in [-0.2, 0) is 41.1 Å². The maximum atomic E-state index is 15.4. The van der Waals surface area contributed by atoms with Crippen molar-refractivity contribution in [3.05, 3.63) is 82.6 Å². The molecule has 1 amide bonds. The van der Waals surface area contributed by atoms with E-state index in [1.54, 1.807) is 7.11 Å². The number of carbonyl (C=O) groups is 3. The molecule has 6 heterocycles. The Morgan fingerprint density at radius 1 is 1.05 bits per heavy atom. The summed E-state index contributed by atoms with van der Waals surface area (Å²) in [5.41, 5.74) is 2.00. The first-order valence-corrected chi connectivity index (χ1v) is 23.2. The van der Waals surface area contributed by atoms with Crippen LogP contribution in [0.4, 0.5) is 5.69 Å². The Labute approximate surface area is 372 Å². The molecule has 12 nitrogen and oxygen atoms in total. The highest BCUT2D eigenvalue weighted by Gasteiger charge is 2.78. The van der Waals surface area contributed by atoms with Crippen LogP contribution < -0.4 is 15.0 Å². The molecule has 338 valence electrons. The monoisotopic (exact) mass is 862 g/mol. The van der Waals surface area contributed by atoms with E-state index in [-0.39, 0.29) is 42.2 Å². The standard InChI is InChI=1S/C51H67N5O7/c1-10-32-23-33-26-50(46(59)62-9,42-35(17-21-55(28-32)29-33)34-15-12-13-16-38(34)53-42)37-24-36-39(25-40(37)61-8)54(7)44-49(36)19-22-56-20-14-18-48(11-2,43(49)56)45(63-31(3)57)51(44,60)30-52-41(58)27-47(4,5)6/h12-16,18,23-25,33,43-45,53,60H,10-11,17,19-22,26-30H2,1-9H3,(H,52,58)/t33-,43?,44+,45+,48+,49+,50-,51?/m0/s1. The minimum atomic E-state index is -1.75. The fraction of sp³-hybridized carbons (Fsp3) is 0.588. The molecule has 2 fully saturated rings. The van der Waals surface area contributed by atoms with Gasteiger partial charge < -0.3 is 34.5 Å². The van der Waals surface area contributed by atoms with Gasteiger partial charge in [-0.3, -0.25) is 24.2 Å². The van der Waals surface area contributed by atoms with Gasteiger partial charge >= 0.3 is 11.9 Å². The van der Waals surface area contributed by atoms with Crippen molar-refractivity contribution < 1.29 is 33.7 Å². The number of likely N-dealkylation sites (N-methyl/N-ethyl adjacent to an activating group) is 1. The summed E-state index contributed by atoms with van der Waals surface area (Å²) >= 11 is 0.